The molecule has 0 aromatic rings. The fraction of sp³-hybridized carbons (Fsp3) is 1.00. The van der Waals surface area contributed by atoms with Crippen molar-refractivity contribution in [3.05, 3.63) is 0 Å². The van der Waals surface area contributed by atoms with Gasteiger partial charge in [0.1, 0.15) is 0 Å². The summed E-state index contributed by atoms with van der Waals surface area (Å²) < 4.78 is 0. The zero-order chi connectivity index (χ0) is 15.2. The van der Waals surface area contributed by atoms with Crippen LogP contribution < -0.4 is 0 Å². The summed E-state index contributed by atoms with van der Waals surface area (Å²) in [6.07, 6.45) is 8.70. The first kappa shape index (κ1) is 16.3. The minimum Gasteiger partial charge on any atom is -0.390 e. The highest BCUT2D eigenvalue weighted by Gasteiger charge is 2.57. The highest BCUT2D eigenvalue weighted by Crippen LogP contribution is 2.62. The monoisotopic (exact) mass is 280 g/mol. The molecule has 1 N–H and O–H groups in total. The first-order valence-electron chi connectivity index (χ1n) is 8.82. The quantitative estimate of drug-likeness (QED) is 0.732. The summed E-state index contributed by atoms with van der Waals surface area (Å²) in [5.41, 5.74) is 0.353. The highest BCUT2D eigenvalue weighted by atomic mass is 16.3. The molecule has 2 aliphatic rings. The van der Waals surface area contributed by atoms with Gasteiger partial charge in [0.15, 0.2) is 0 Å². The molecule has 2 saturated carbocycles. The fourth-order valence-electron chi connectivity index (χ4n) is 5.77. The lowest BCUT2D eigenvalue weighted by atomic mass is 9.45. The van der Waals surface area contributed by atoms with Crippen molar-refractivity contribution in [2.45, 2.75) is 92.1 Å². The molecule has 4 unspecified atom stereocenters. The maximum Gasteiger partial charge on any atom is 0.0653 e. The molecule has 2 fully saturated rings. The van der Waals surface area contributed by atoms with Gasteiger partial charge in [0, 0.05) is 0 Å². The lowest BCUT2D eigenvalue weighted by molar-refractivity contribution is -0.170. The summed E-state index contributed by atoms with van der Waals surface area (Å²) in [6.45, 7) is 14.2. The van der Waals surface area contributed by atoms with E-state index in [0.717, 1.165) is 18.3 Å². The first-order chi connectivity index (χ1) is 9.09. The molecule has 0 heterocycles. The molecule has 0 spiro atoms. The third-order valence-electron chi connectivity index (χ3n) is 6.79. The molecule has 2 aliphatic carbocycles. The molecule has 0 aromatic heterocycles. The van der Waals surface area contributed by atoms with E-state index in [4.69, 9.17) is 0 Å². The van der Waals surface area contributed by atoms with Crippen molar-refractivity contribution in [2.24, 2.45) is 28.6 Å². The molecule has 0 radical (unpaired) electrons. The van der Waals surface area contributed by atoms with E-state index in [0.29, 0.717) is 16.7 Å². The Bertz CT molecular complexity index is 342. The maximum atomic E-state index is 11.0. The Morgan fingerprint density at radius 2 is 1.70 bits per heavy atom. The Balaban J connectivity index is 2.28. The van der Waals surface area contributed by atoms with Gasteiger partial charge in [0.2, 0.25) is 0 Å². The second-order valence-electron chi connectivity index (χ2n) is 9.32. The van der Waals surface area contributed by atoms with Gasteiger partial charge < -0.3 is 5.11 Å². The summed E-state index contributed by atoms with van der Waals surface area (Å²) >= 11 is 0. The smallest absolute Gasteiger partial charge is 0.0653 e. The number of hydrogen-bond donors (Lipinski definition) is 1. The normalized spacial score (nSPS) is 44.4. The molecule has 0 amide bonds. The zero-order valence-electron chi connectivity index (χ0n) is 14.6. The van der Waals surface area contributed by atoms with Crippen molar-refractivity contribution in [1.82, 2.24) is 0 Å². The van der Waals surface area contributed by atoms with Crippen LogP contribution in [0.5, 0.6) is 0 Å². The van der Waals surface area contributed by atoms with Gasteiger partial charge in [-0.3, -0.25) is 0 Å². The van der Waals surface area contributed by atoms with Gasteiger partial charge in [0.25, 0.3) is 0 Å². The molecule has 2 rings (SSSR count). The molecule has 4 atom stereocenters. The van der Waals surface area contributed by atoms with Crippen molar-refractivity contribution in [3.63, 3.8) is 0 Å². The minimum absolute atomic E-state index is 0.346. The Morgan fingerprint density at radius 1 is 1.05 bits per heavy atom. The van der Waals surface area contributed by atoms with Crippen molar-refractivity contribution in [3.8, 4) is 0 Å². The van der Waals surface area contributed by atoms with Gasteiger partial charge in [0.05, 0.1) is 5.60 Å². The van der Waals surface area contributed by atoms with Crippen LogP contribution in [0.4, 0.5) is 0 Å². The molecule has 20 heavy (non-hydrogen) atoms. The third-order valence-corrected chi connectivity index (χ3v) is 6.79. The van der Waals surface area contributed by atoms with E-state index in [1.807, 2.05) is 0 Å². The molecule has 1 heteroatoms. The predicted octanol–water partition coefficient (Wildman–Crippen LogP) is 5.42. The van der Waals surface area contributed by atoms with Crippen molar-refractivity contribution in [1.29, 1.82) is 0 Å². The van der Waals surface area contributed by atoms with Gasteiger partial charge in [-0.25, -0.2) is 0 Å². The molecule has 0 saturated heterocycles. The van der Waals surface area contributed by atoms with Crippen LogP contribution >= 0.6 is 0 Å². The van der Waals surface area contributed by atoms with Gasteiger partial charge in [-0.1, -0.05) is 47.5 Å². The molecule has 0 aromatic carbocycles. The Hall–Kier alpha value is -0.0400. The van der Waals surface area contributed by atoms with E-state index in [2.05, 4.69) is 41.5 Å². The topological polar surface area (TPSA) is 20.2 Å². The van der Waals surface area contributed by atoms with Crippen LogP contribution in [0.25, 0.3) is 0 Å². The van der Waals surface area contributed by atoms with Gasteiger partial charge in [-0.2, -0.15) is 0 Å². The molecule has 0 bridgehead atoms. The summed E-state index contributed by atoms with van der Waals surface area (Å²) in [7, 11) is 0. The fourth-order valence-corrected chi connectivity index (χ4v) is 5.77. The summed E-state index contributed by atoms with van der Waals surface area (Å²) in [4.78, 5) is 0. The number of hydrogen-bond acceptors (Lipinski definition) is 1. The Labute approximate surface area is 126 Å². The molecule has 0 aliphatic heterocycles. The second kappa shape index (κ2) is 5.30. The minimum atomic E-state index is -0.451. The third kappa shape index (κ3) is 2.80. The van der Waals surface area contributed by atoms with E-state index < -0.39 is 5.60 Å². The van der Waals surface area contributed by atoms with E-state index in [1.165, 1.54) is 38.5 Å². The van der Waals surface area contributed by atoms with Crippen LogP contribution in [0.1, 0.15) is 86.5 Å². The van der Waals surface area contributed by atoms with Crippen LogP contribution in [-0.4, -0.2) is 10.7 Å². The summed E-state index contributed by atoms with van der Waals surface area (Å²) in [5, 5.41) is 11.0. The molecule has 1 nitrogen and oxygen atoms in total. The van der Waals surface area contributed by atoms with Gasteiger partial charge in [-0.05, 0) is 67.6 Å². The van der Waals surface area contributed by atoms with Crippen molar-refractivity contribution in [2.75, 3.05) is 0 Å². The standard InChI is InChI=1S/C19H36O/c1-14(2)8-9-16-18(5)12-7-11-17(3,4)15(18)10-13-19(16,6)20/h14-16,20H,7-13H2,1-6H3. The SMILES string of the molecule is CC(C)CCC1C(C)(O)CCC2C(C)(C)CCCC21C. The van der Waals surface area contributed by atoms with Crippen LogP contribution in [0.2, 0.25) is 0 Å². The van der Waals surface area contributed by atoms with E-state index in [-0.39, 0.29) is 0 Å². The molecular weight excluding hydrogens is 244 g/mol. The van der Waals surface area contributed by atoms with Crippen molar-refractivity contribution >= 4 is 0 Å². The largest absolute Gasteiger partial charge is 0.390 e. The maximum absolute atomic E-state index is 11.0. The van der Waals surface area contributed by atoms with Crippen LogP contribution in [0, 0.1) is 28.6 Å². The molecular formula is C19H36O. The number of aliphatic hydroxyl groups is 1. The summed E-state index contributed by atoms with van der Waals surface area (Å²) in [6, 6.07) is 0. The van der Waals surface area contributed by atoms with E-state index in [9.17, 15) is 5.11 Å². The second-order valence-corrected chi connectivity index (χ2v) is 9.32. The lowest BCUT2D eigenvalue weighted by Gasteiger charge is -2.61. The lowest BCUT2D eigenvalue weighted by Crippen LogP contribution is -2.57. The average Bonchev–Trinajstić information content (AvgIpc) is 2.25. The Morgan fingerprint density at radius 3 is 2.30 bits per heavy atom. The average molecular weight is 280 g/mol. The first-order valence-corrected chi connectivity index (χ1v) is 8.82. The predicted molar refractivity (Wildman–Crippen MR) is 86.6 cm³/mol. The summed E-state index contributed by atoms with van der Waals surface area (Å²) in [5.74, 6) is 2.02. The van der Waals surface area contributed by atoms with Crippen LogP contribution in [0.3, 0.4) is 0 Å². The number of rotatable bonds is 3. The van der Waals surface area contributed by atoms with Crippen LogP contribution in [-0.2, 0) is 0 Å². The van der Waals surface area contributed by atoms with E-state index in [1.54, 1.807) is 0 Å². The zero-order valence-corrected chi connectivity index (χ0v) is 14.6. The van der Waals surface area contributed by atoms with Gasteiger partial charge in [-0.15, -0.1) is 0 Å². The number of fused-ring (bicyclic) bond motifs is 1. The van der Waals surface area contributed by atoms with Crippen LogP contribution in [0.15, 0.2) is 0 Å². The molecule has 118 valence electrons. The Kier molecular flexibility index (Phi) is 4.33. The van der Waals surface area contributed by atoms with Gasteiger partial charge >= 0.3 is 0 Å². The highest BCUT2D eigenvalue weighted by molar-refractivity contribution is 5.07. The van der Waals surface area contributed by atoms with Crippen molar-refractivity contribution < 1.29 is 5.11 Å². The van der Waals surface area contributed by atoms with E-state index >= 15 is 0 Å².